The molecule has 2 heterocycles. The number of esters is 2. The van der Waals surface area contributed by atoms with E-state index in [2.05, 4.69) is 152 Å². The van der Waals surface area contributed by atoms with E-state index in [0.717, 1.165) is 82.9 Å². The molecule has 298 valence electrons. The molecular weight excluding hydrogens is 701 g/mol. The number of aryl methyl sites for hydroxylation is 1. The van der Waals surface area contributed by atoms with Crippen LogP contribution in [0.25, 0.3) is 32.6 Å². The van der Waals surface area contributed by atoms with Gasteiger partial charge in [0, 0.05) is 39.8 Å². The summed E-state index contributed by atoms with van der Waals surface area (Å²) in [5.41, 5.74) is 9.40. The molecule has 1 aliphatic heterocycles. The van der Waals surface area contributed by atoms with Crippen LogP contribution in [0.2, 0.25) is 0 Å². The van der Waals surface area contributed by atoms with E-state index in [1.807, 2.05) is 18.2 Å². The number of ether oxygens (including phenoxy) is 1. The van der Waals surface area contributed by atoms with E-state index in [1.165, 1.54) is 17.5 Å². The first kappa shape index (κ1) is 40.3. The second-order valence-electron chi connectivity index (χ2n) is 20.3. The highest BCUT2D eigenvalue weighted by Crippen LogP contribution is 2.45. The number of anilines is 3. The van der Waals surface area contributed by atoms with Crippen molar-refractivity contribution in [3.05, 3.63) is 113 Å². The molecular formula is C52H62N2O3. The van der Waals surface area contributed by atoms with E-state index in [1.54, 1.807) is 6.07 Å². The van der Waals surface area contributed by atoms with Crippen molar-refractivity contribution in [3.63, 3.8) is 0 Å². The monoisotopic (exact) mass is 762 g/mol. The summed E-state index contributed by atoms with van der Waals surface area (Å²) in [5.74, 6) is -1.16. The Hall–Kier alpha value is -4.90. The van der Waals surface area contributed by atoms with E-state index >= 15 is 0 Å². The van der Waals surface area contributed by atoms with Crippen LogP contribution in [0, 0.1) is 10.8 Å². The molecule has 0 radical (unpaired) electrons. The van der Waals surface area contributed by atoms with Crippen LogP contribution in [-0.4, -0.2) is 16.5 Å². The molecule has 0 spiro atoms. The third-order valence-electron chi connectivity index (χ3n) is 11.8. The summed E-state index contributed by atoms with van der Waals surface area (Å²) in [6, 6.07) is 32.8. The number of cyclic esters (lactones) is 2. The minimum Gasteiger partial charge on any atom is -0.386 e. The number of rotatable bonds is 12. The van der Waals surface area contributed by atoms with Crippen molar-refractivity contribution in [3.8, 4) is 0 Å². The van der Waals surface area contributed by atoms with Crippen LogP contribution < -0.4 is 4.90 Å². The SMILES string of the molecule is CCCCCCn1c2cc(N(c3ccc(C(C)(C)CC(C)(C)C)cc3)c3ccc(C(C)(C)CC(C)(C)C)cc3)ccc2c2c3cccc4c3c(cc21)C(=O)OC4=O. The Labute approximate surface area is 340 Å². The minimum absolute atomic E-state index is 0.0273. The fourth-order valence-electron chi connectivity index (χ4n) is 10.1. The van der Waals surface area contributed by atoms with Gasteiger partial charge in [0.25, 0.3) is 0 Å². The highest BCUT2D eigenvalue weighted by atomic mass is 16.6. The molecule has 5 nitrogen and oxygen atoms in total. The zero-order chi connectivity index (χ0) is 41.1. The highest BCUT2D eigenvalue weighted by molar-refractivity contribution is 6.30. The number of aromatic nitrogens is 1. The third-order valence-corrected chi connectivity index (χ3v) is 11.8. The average molecular weight is 763 g/mol. The van der Waals surface area contributed by atoms with Gasteiger partial charge >= 0.3 is 11.9 Å². The maximum Gasteiger partial charge on any atom is 0.346 e. The van der Waals surface area contributed by atoms with E-state index in [9.17, 15) is 9.59 Å². The molecule has 57 heavy (non-hydrogen) atoms. The molecule has 0 amide bonds. The lowest BCUT2D eigenvalue weighted by molar-refractivity contribution is 0.0391. The Morgan fingerprint density at radius 1 is 0.544 bits per heavy atom. The molecule has 1 aromatic heterocycles. The van der Waals surface area contributed by atoms with E-state index < -0.39 is 11.9 Å². The molecule has 1 aliphatic rings. The van der Waals surface area contributed by atoms with Crippen LogP contribution in [0.3, 0.4) is 0 Å². The number of fused-ring (bicyclic) bond motifs is 4. The van der Waals surface area contributed by atoms with Gasteiger partial charge in [-0.3, -0.25) is 0 Å². The summed E-state index contributed by atoms with van der Waals surface area (Å²) in [7, 11) is 0. The molecule has 0 N–H and O–H groups in total. The third kappa shape index (κ3) is 8.00. The van der Waals surface area contributed by atoms with Gasteiger partial charge < -0.3 is 14.2 Å². The topological polar surface area (TPSA) is 51.5 Å². The average Bonchev–Trinajstić information content (AvgIpc) is 3.43. The van der Waals surface area contributed by atoms with Crippen molar-refractivity contribution in [2.75, 3.05) is 4.90 Å². The predicted octanol–water partition coefficient (Wildman–Crippen LogP) is 14.7. The second kappa shape index (κ2) is 14.8. The first-order valence-electron chi connectivity index (χ1n) is 21.1. The van der Waals surface area contributed by atoms with Gasteiger partial charge in [-0.05, 0) is 106 Å². The molecule has 0 atom stereocenters. The first-order valence-corrected chi connectivity index (χ1v) is 21.1. The number of carbonyl (C=O) groups is 2. The molecule has 0 unspecified atom stereocenters. The standard InChI is InChI=1S/C52H62N2O3/c1-12-13-14-15-29-53-43-30-38(27-28-39(43)46-40-17-16-18-41-45(40)42(31-44(46)53)48(56)57-47(41)55)54(36-23-19-34(20-24-36)51(8,9)32-49(2,3)4)37-25-21-35(22-26-37)52(10,11)33-50(5,6)7/h16-28,30-31H,12-15,29,32-33H2,1-11H3. The number of nitrogens with zero attached hydrogens (tertiary/aromatic N) is 2. The Kier molecular flexibility index (Phi) is 10.5. The molecule has 0 saturated carbocycles. The summed E-state index contributed by atoms with van der Waals surface area (Å²) < 4.78 is 7.63. The van der Waals surface area contributed by atoms with Crippen molar-refractivity contribution >= 4 is 61.6 Å². The zero-order valence-electron chi connectivity index (χ0n) is 36.2. The number of unbranched alkanes of at least 4 members (excludes halogenated alkanes) is 3. The summed E-state index contributed by atoms with van der Waals surface area (Å²) >= 11 is 0. The van der Waals surface area contributed by atoms with Gasteiger partial charge in [0.05, 0.1) is 22.2 Å². The molecule has 6 aromatic rings. The van der Waals surface area contributed by atoms with E-state index in [-0.39, 0.29) is 21.7 Å². The maximum absolute atomic E-state index is 13.3. The fraction of sp³-hybridized carbons (Fsp3) is 0.423. The Morgan fingerprint density at radius 3 is 1.63 bits per heavy atom. The van der Waals surface area contributed by atoms with E-state index in [0.29, 0.717) is 16.5 Å². The smallest absolute Gasteiger partial charge is 0.346 e. The van der Waals surface area contributed by atoms with Gasteiger partial charge in [-0.15, -0.1) is 0 Å². The van der Waals surface area contributed by atoms with Crippen LogP contribution >= 0.6 is 0 Å². The van der Waals surface area contributed by atoms with Crippen molar-refractivity contribution < 1.29 is 14.3 Å². The van der Waals surface area contributed by atoms with Gasteiger partial charge in [-0.2, -0.15) is 0 Å². The molecule has 0 aliphatic carbocycles. The van der Waals surface area contributed by atoms with Crippen LogP contribution in [0.5, 0.6) is 0 Å². The second-order valence-corrected chi connectivity index (χ2v) is 20.3. The lowest BCUT2D eigenvalue weighted by atomic mass is 9.72. The summed E-state index contributed by atoms with van der Waals surface area (Å²) in [6.45, 7) is 26.4. The molecule has 0 fully saturated rings. The van der Waals surface area contributed by atoms with Crippen molar-refractivity contribution in [2.45, 2.75) is 132 Å². The Bertz CT molecular complexity index is 2400. The van der Waals surface area contributed by atoms with Crippen LogP contribution in [-0.2, 0) is 22.1 Å². The Morgan fingerprint density at radius 2 is 1.09 bits per heavy atom. The maximum atomic E-state index is 13.3. The number of hydrogen-bond acceptors (Lipinski definition) is 4. The lowest BCUT2D eigenvalue weighted by Gasteiger charge is -2.34. The predicted molar refractivity (Wildman–Crippen MR) is 240 cm³/mol. The van der Waals surface area contributed by atoms with Gasteiger partial charge in [0.15, 0.2) is 0 Å². The summed E-state index contributed by atoms with van der Waals surface area (Å²) in [5, 5.41) is 3.77. The fourth-order valence-corrected chi connectivity index (χ4v) is 10.1. The summed E-state index contributed by atoms with van der Waals surface area (Å²) in [4.78, 5) is 28.5. The lowest BCUT2D eigenvalue weighted by Crippen LogP contribution is -2.25. The largest absolute Gasteiger partial charge is 0.386 e. The molecule has 5 heteroatoms. The van der Waals surface area contributed by atoms with Crippen LogP contribution in [0.1, 0.15) is 147 Å². The number of benzene rings is 5. The van der Waals surface area contributed by atoms with Crippen molar-refractivity contribution in [2.24, 2.45) is 10.8 Å². The van der Waals surface area contributed by atoms with E-state index in [4.69, 9.17) is 4.74 Å². The van der Waals surface area contributed by atoms with Gasteiger partial charge in [0.2, 0.25) is 0 Å². The van der Waals surface area contributed by atoms with Gasteiger partial charge in [-0.25, -0.2) is 9.59 Å². The van der Waals surface area contributed by atoms with Crippen LogP contribution in [0.15, 0.2) is 91.0 Å². The quantitative estimate of drug-likeness (QED) is 0.0708. The molecule has 0 bridgehead atoms. The molecule has 7 rings (SSSR count). The van der Waals surface area contributed by atoms with Crippen molar-refractivity contribution in [1.29, 1.82) is 0 Å². The zero-order valence-corrected chi connectivity index (χ0v) is 36.2. The first-order chi connectivity index (χ1) is 26.8. The number of hydrogen-bond donors (Lipinski definition) is 0. The van der Waals surface area contributed by atoms with Crippen molar-refractivity contribution in [1.82, 2.24) is 4.57 Å². The molecule has 5 aromatic carbocycles. The number of carbonyl (C=O) groups excluding carboxylic acids is 2. The summed E-state index contributed by atoms with van der Waals surface area (Å²) in [6.07, 6.45) is 6.64. The van der Waals surface area contributed by atoms with Crippen LogP contribution in [0.4, 0.5) is 17.1 Å². The molecule has 0 saturated heterocycles. The van der Waals surface area contributed by atoms with Gasteiger partial charge in [0.1, 0.15) is 0 Å². The minimum atomic E-state index is -0.584. The highest BCUT2D eigenvalue weighted by Gasteiger charge is 2.32. The Balaban J connectivity index is 1.43. The normalized spacial score (nSPS) is 13.9. The van der Waals surface area contributed by atoms with Gasteiger partial charge in [-0.1, -0.05) is 138 Å².